The molecular formula is C36H61N7O10. The number of hydrogen-bond donors (Lipinski definition) is 7. The number of nitrogens with one attached hydrogen (secondary N) is 5. The third kappa shape index (κ3) is 24.8. The molecule has 300 valence electrons. The van der Waals surface area contributed by atoms with Crippen molar-refractivity contribution in [3.05, 3.63) is 29.3 Å². The zero-order chi connectivity index (χ0) is 40.9. The normalized spacial score (nSPS) is 10.8. The van der Waals surface area contributed by atoms with Crippen molar-refractivity contribution in [3.63, 3.8) is 0 Å². The number of anilines is 1. The zero-order valence-corrected chi connectivity index (χ0v) is 32.4. The fourth-order valence-corrected chi connectivity index (χ4v) is 3.67. The molecule has 17 nitrogen and oxygen atoms in total. The Morgan fingerprint density at radius 3 is 2.02 bits per heavy atom. The Labute approximate surface area is 312 Å². The molecule has 0 fully saturated rings. The van der Waals surface area contributed by atoms with Crippen LogP contribution in [0.1, 0.15) is 90.6 Å². The summed E-state index contributed by atoms with van der Waals surface area (Å²) < 4.78 is 10.4. The van der Waals surface area contributed by atoms with E-state index in [-0.39, 0.29) is 61.2 Å². The highest BCUT2D eigenvalue weighted by Crippen LogP contribution is 2.18. The first-order valence-electron chi connectivity index (χ1n) is 17.7. The highest BCUT2D eigenvalue weighted by atomic mass is 16.5. The molecule has 53 heavy (non-hydrogen) atoms. The van der Waals surface area contributed by atoms with E-state index in [0.29, 0.717) is 37.2 Å². The monoisotopic (exact) mass is 751 g/mol. The van der Waals surface area contributed by atoms with Crippen LogP contribution in [0.25, 0.3) is 0 Å². The first kappa shape index (κ1) is 50.2. The van der Waals surface area contributed by atoms with Crippen LogP contribution in [0.3, 0.4) is 0 Å². The van der Waals surface area contributed by atoms with Crippen molar-refractivity contribution in [1.82, 2.24) is 21.3 Å². The fraction of sp³-hybridized carbons (Fsp3) is 0.611. The van der Waals surface area contributed by atoms with Gasteiger partial charge in [0.25, 0.3) is 5.91 Å². The molecule has 0 aromatic heterocycles. The number of Topliss-reactive ketones (excluding diaryl/α,β-unsaturated/α-hetero) is 1. The lowest BCUT2D eigenvalue weighted by molar-refractivity contribution is -0.148. The van der Waals surface area contributed by atoms with Crippen LogP contribution in [0, 0.1) is 17.8 Å². The number of hydrogen-bond acceptors (Lipinski definition) is 11. The maximum absolute atomic E-state index is 12.6. The van der Waals surface area contributed by atoms with E-state index < -0.39 is 42.2 Å². The van der Waals surface area contributed by atoms with Gasteiger partial charge in [0.2, 0.25) is 30.0 Å². The minimum absolute atomic E-state index is 0.128. The van der Waals surface area contributed by atoms with Crippen LogP contribution in [0.5, 0.6) is 0 Å². The van der Waals surface area contributed by atoms with Crippen LogP contribution in [-0.4, -0.2) is 93.1 Å². The molecule has 0 saturated heterocycles. The van der Waals surface area contributed by atoms with Gasteiger partial charge in [-0.05, 0) is 24.5 Å². The third-order valence-electron chi connectivity index (χ3n) is 6.78. The van der Waals surface area contributed by atoms with Crippen LogP contribution < -0.4 is 38.1 Å². The lowest BCUT2D eigenvalue weighted by Gasteiger charge is -2.21. The van der Waals surface area contributed by atoms with Crippen LogP contribution in [0.2, 0.25) is 0 Å². The Balaban J connectivity index is 0. The molecule has 0 radical (unpaired) electrons. The number of ether oxygens (including phenoxy) is 2. The van der Waals surface area contributed by atoms with Crippen molar-refractivity contribution in [2.45, 2.75) is 87.3 Å². The summed E-state index contributed by atoms with van der Waals surface area (Å²) in [6, 6.07) is 3.60. The average molecular weight is 752 g/mol. The molecule has 0 heterocycles. The molecule has 0 aliphatic carbocycles. The van der Waals surface area contributed by atoms with Gasteiger partial charge in [0.15, 0.2) is 0 Å². The number of primary amides is 1. The van der Waals surface area contributed by atoms with E-state index in [1.165, 1.54) is 12.1 Å². The summed E-state index contributed by atoms with van der Waals surface area (Å²) in [5, 5.41) is 12.4. The summed E-state index contributed by atoms with van der Waals surface area (Å²) in [6.07, 6.45) is 2.40. The van der Waals surface area contributed by atoms with Crippen LogP contribution >= 0.6 is 0 Å². The average Bonchev–Trinajstić information content (AvgIpc) is 3.11. The molecule has 0 saturated carbocycles. The molecular weight excluding hydrogens is 690 g/mol. The van der Waals surface area contributed by atoms with E-state index in [0.717, 1.165) is 13.0 Å². The number of esters is 1. The quantitative estimate of drug-likeness (QED) is 0.0498. The molecule has 1 rings (SSSR count). The van der Waals surface area contributed by atoms with Gasteiger partial charge in [-0.3, -0.25) is 38.4 Å². The van der Waals surface area contributed by atoms with E-state index in [1.54, 1.807) is 40.7 Å². The molecule has 0 spiro atoms. The van der Waals surface area contributed by atoms with Gasteiger partial charge in [-0.25, -0.2) is 0 Å². The van der Waals surface area contributed by atoms with E-state index >= 15 is 0 Å². The van der Waals surface area contributed by atoms with Crippen molar-refractivity contribution in [3.8, 4) is 0 Å². The molecule has 0 aliphatic heterocycles. The molecule has 1 atom stereocenters. The predicted octanol–water partition coefficient (Wildman–Crippen LogP) is 0.926. The van der Waals surface area contributed by atoms with E-state index in [4.69, 9.17) is 15.2 Å². The molecule has 0 aliphatic rings. The Kier molecular flexibility index (Phi) is 28.1. The Morgan fingerprint density at radius 1 is 0.868 bits per heavy atom. The molecule has 1 aromatic rings. The molecule has 1 aromatic carbocycles. The lowest BCUT2D eigenvalue weighted by Crippen LogP contribution is -2.52. The zero-order valence-electron chi connectivity index (χ0n) is 32.4. The summed E-state index contributed by atoms with van der Waals surface area (Å²) >= 11 is 0. The van der Waals surface area contributed by atoms with Crippen LogP contribution in [-0.2, 0) is 49.6 Å². The standard InChI is InChI=1S/C24H36N6O7.C9H18O2.C3H7NO/c1-14(2)21(30-19(32)10-26-13-31)23(35)28-11-20(33)29-17-6-5-16(12-37-24(36)15(3)4)18(9-17)22(34)27-8-7-25;1-4-6-11-7-5-9(10)8(2)3;1-2-3(4)5/h5-6,9,13-15,21H,7-8,10-12,25H2,1-4H3,(H,26,31)(H,27,34)(H,28,35)(H,29,33)(H,30,32);8H,4-7H2,1-3H3;2H2,1H3,(H2,4,5). The number of amides is 6. The highest BCUT2D eigenvalue weighted by Gasteiger charge is 2.24. The highest BCUT2D eigenvalue weighted by molar-refractivity contribution is 6.00. The molecule has 6 amide bonds. The van der Waals surface area contributed by atoms with Crippen molar-refractivity contribution < 1.29 is 47.8 Å². The van der Waals surface area contributed by atoms with Gasteiger partial charge in [-0.1, -0.05) is 61.5 Å². The number of benzene rings is 1. The van der Waals surface area contributed by atoms with Crippen molar-refractivity contribution in [2.24, 2.45) is 29.2 Å². The molecule has 1 unspecified atom stereocenters. The Bertz CT molecular complexity index is 1320. The fourth-order valence-electron chi connectivity index (χ4n) is 3.67. The Hall–Kier alpha value is -4.90. The van der Waals surface area contributed by atoms with Gasteiger partial charge in [0.05, 0.1) is 25.6 Å². The molecule has 9 N–H and O–H groups in total. The molecule has 0 bridgehead atoms. The number of nitrogens with two attached hydrogens (primary N) is 2. The van der Waals surface area contributed by atoms with E-state index in [9.17, 15) is 38.4 Å². The minimum atomic E-state index is -0.917. The lowest BCUT2D eigenvalue weighted by atomic mass is 10.0. The largest absolute Gasteiger partial charge is 0.461 e. The van der Waals surface area contributed by atoms with Crippen molar-refractivity contribution >= 4 is 53.4 Å². The second kappa shape index (κ2) is 29.7. The van der Waals surface area contributed by atoms with Gasteiger partial charge >= 0.3 is 5.97 Å². The van der Waals surface area contributed by atoms with Crippen molar-refractivity contribution in [2.75, 3.05) is 44.7 Å². The number of carbonyl (C=O) groups excluding carboxylic acids is 8. The smallest absolute Gasteiger partial charge is 0.308 e. The maximum Gasteiger partial charge on any atom is 0.308 e. The summed E-state index contributed by atoms with van der Waals surface area (Å²) in [5.41, 5.74) is 11.0. The van der Waals surface area contributed by atoms with Gasteiger partial charge in [0.1, 0.15) is 18.4 Å². The first-order valence-corrected chi connectivity index (χ1v) is 17.7. The summed E-state index contributed by atoms with van der Waals surface area (Å²) in [5.74, 6) is -2.99. The predicted molar refractivity (Wildman–Crippen MR) is 200 cm³/mol. The Morgan fingerprint density at radius 2 is 1.51 bits per heavy atom. The summed E-state index contributed by atoms with van der Waals surface area (Å²) in [6.45, 7) is 15.4. The van der Waals surface area contributed by atoms with E-state index in [1.807, 2.05) is 13.8 Å². The van der Waals surface area contributed by atoms with Gasteiger partial charge in [-0.15, -0.1) is 0 Å². The summed E-state index contributed by atoms with van der Waals surface area (Å²) in [4.78, 5) is 92.2. The van der Waals surface area contributed by atoms with Crippen LogP contribution in [0.15, 0.2) is 18.2 Å². The molecule has 17 heteroatoms. The van der Waals surface area contributed by atoms with Crippen LogP contribution in [0.4, 0.5) is 5.69 Å². The maximum atomic E-state index is 12.6. The van der Waals surface area contributed by atoms with Gasteiger partial charge < -0.3 is 47.5 Å². The summed E-state index contributed by atoms with van der Waals surface area (Å²) in [7, 11) is 0. The SMILES string of the molecule is CC(C)C(=O)OCc1ccc(NC(=O)CNC(=O)C(NC(=O)CNC=O)C(C)C)cc1C(=O)NCCN.CCC(N)=O.CCCOCCC(=O)C(C)C. The van der Waals surface area contributed by atoms with Gasteiger partial charge in [0, 0.05) is 55.3 Å². The number of rotatable bonds is 22. The first-order chi connectivity index (χ1) is 24.9. The van der Waals surface area contributed by atoms with Gasteiger partial charge in [-0.2, -0.15) is 0 Å². The third-order valence-corrected chi connectivity index (χ3v) is 6.78. The minimum Gasteiger partial charge on any atom is -0.461 e. The number of ketones is 1. The van der Waals surface area contributed by atoms with Crippen molar-refractivity contribution in [1.29, 1.82) is 0 Å². The van der Waals surface area contributed by atoms with E-state index in [2.05, 4.69) is 39.2 Å². The number of carbonyl (C=O) groups is 8. The second-order valence-electron chi connectivity index (χ2n) is 12.5. The second-order valence-corrected chi connectivity index (χ2v) is 12.5. The topological polar surface area (TPSA) is 267 Å².